The summed E-state index contributed by atoms with van der Waals surface area (Å²) in [5.41, 5.74) is -0.431. The van der Waals surface area contributed by atoms with Crippen molar-refractivity contribution < 1.29 is 9.53 Å². The molecule has 0 aliphatic rings. The van der Waals surface area contributed by atoms with E-state index in [1.165, 1.54) is 9.75 Å². The van der Waals surface area contributed by atoms with E-state index in [4.69, 9.17) is 4.74 Å². The number of carbonyl (C=O) groups excluding carboxylic acids is 1. The van der Waals surface area contributed by atoms with Gasteiger partial charge in [0.2, 0.25) is 0 Å². The molecule has 0 aliphatic carbocycles. The van der Waals surface area contributed by atoms with Gasteiger partial charge in [0, 0.05) is 22.8 Å². The summed E-state index contributed by atoms with van der Waals surface area (Å²) in [6, 6.07) is 4.28. The van der Waals surface area contributed by atoms with Crippen LogP contribution < -0.4 is 10.6 Å². The highest BCUT2D eigenvalue weighted by atomic mass is 32.1. The molecule has 2 N–H and O–H groups in total. The minimum Gasteiger partial charge on any atom is -0.444 e. The highest BCUT2D eigenvalue weighted by Gasteiger charge is 2.15. The minimum atomic E-state index is -0.431. The van der Waals surface area contributed by atoms with Gasteiger partial charge in [0.05, 0.1) is 0 Å². The number of alkyl carbamates (subject to hydrolysis) is 1. The van der Waals surface area contributed by atoms with Crippen molar-refractivity contribution in [2.24, 2.45) is 0 Å². The van der Waals surface area contributed by atoms with E-state index in [1.807, 2.05) is 32.1 Å². The third kappa shape index (κ3) is 7.85. The van der Waals surface area contributed by atoms with Crippen LogP contribution in [0.2, 0.25) is 0 Å². The van der Waals surface area contributed by atoms with Crippen molar-refractivity contribution in [2.45, 2.75) is 46.3 Å². The molecule has 1 amide bonds. The molecule has 1 rings (SSSR count). The smallest absolute Gasteiger partial charge is 0.407 e. The van der Waals surface area contributed by atoms with Gasteiger partial charge in [-0.15, -0.1) is 11.3 Å². The number of ether oxygens (including phenoxy) is 1. The second kappa shape index (κ2) is 7.50. The van der Waals surface area contributed by atoms with Gasteiger partial charge in [0.1, 0.15) is 5.60 Å². The first-order valence-electron chi connectivity index (χ1n) is 6.60. The molecule has 0 saturated carbocycles. The van der Waals surface area contributed by atoms with Crippen LogP contribution in [0.1, 0.15) is 36.9 Å². The van der Waals surface area contributed by atoms with E-state index in [0.717, 1.165) is 19.5 Å². The fraction of sp³-hybridized carbons (Fsp3) is 0.643. The predicted molar refractivity (Wildman–Crippen MR) is 79.6 cm³/mol. The molecule has 108 valence electrons. The molecule has 1 aromatic heterocycles. The summed E-state index contributed by atoms with van der Waals surface area (Å²) in [6.07, 6.45) is 0.547. The number of aryl methyl sites for hydroxylation is 1. The Morgan fingerprint density at radius 2 is 2.05 bits per heavy atom. The number of thiophene rings is 1. The second-order valence-electron chi connectivity index (χ2n) is 5.47. The van der Waals surface area contributed by atoms with Gasteiger partial charge in [0.15, 0.2) is 0 Å². The molecule has 0 aromatic carbocycles. The van der Waals surface area contributed by atoms with Crippen LogP contribution in [0.4, 0.5) is 4.79 Å². The maximum absolute atomic E-state index is 11.4. The maximum Gasteiger partial charge on any atom is 0.407 e. The van der Waals surface area contributed by atoms with Gasteiger partial charge in [-0.05, 0) is 52.8 Å². The molecule has 5 heteroatoms. The quantitative estimate of drug-likeness (QED) is 0.789. The zero-order chi connectivity index (χ0) is 14.3. The van der Waals surface area contributed by atoms with Crippen LogP contribution in [0.5, 0.6) is 0 Å². The summed E-state index contributed by atoms with van der Waals surface area (Å²) in [5, 5.41) is 6.10. The molecule has 0 saturated heterocycles. The Kier molecular flexibility index (Phi) is 6.31. The van der Waals surface area contributed by atoms with Crippen LogP contribution in [-0.2, 0) is 11.3 Å². The van der Waals surface area contributed by atoms with E-state index in [2.05, 4.69) is 29.7 Å². The first kappa shape index (κ1) is 16.0. The first-order valence-corrected chi connectivity index (χ1v) is 7.41. The number of rotatable bonds is 6. The molecule has 4 nitrogen and oxygen atoms in total. The van der Waals surface area contributed by atoms with E-state index in [1.54, 1.807) is 0 Å². The second-order valence-corrected chi connectivity index (χ2v) is 6.84. The molecule has 1 heterocycles. The Balaban J connectivity index is 2.01. The van der Waals surface area contributed by atoms with Crippen LogP contribution in [0, 0.1) is 6.92 Å². The highest BCUT2D eigenvalue weighted by Crippen LogP contribution is 2.14. The molecular formula is C14H24N2O2S. The number of hydrogen-bond donors (Lipinski definition) is 2. The lowest BCUT2D eigenvalue weighted by atomic mass is 10.2. The Bertz CT molecular complexity index is 396. The van der Waals surface area contributed by atoms with Gasteiger partial charge in [-0.25, -0.2) is 4.79 Å². The lowest BCUT2D eigenvalue weighted by molar-refractivity contribution is 0.0527. The first-order chi connectivity index (χ1) is 8.87. The molecule has 0 fully saturated rings. The van der Waals surface area contributed by atoms with Crippen molar-refractivity contribution in [3.63, 3.8) is 0 Å². The van der Waals surface area contributed by atoms with Crippen molar-refractivity contribution >= 4 is 17.4 Å². The van der Waals surface area contributed by atoms with Crippen LogP contribution in [-0.4, -0.2) is 24.8 Å². The normalized spacial score (nSPS) is 11.4. The molecule has 0 atom stereocenters. The number of carbonyl (C=O) groups is 1. The fourth-order valence-corrected chi connectivity index (χ4v) is 2.37. The van der Waals surface area contributed by atoms with E-state index in [9.17, 15) is 4.79 Å². The third-order valence-electron chi connectivity index (χ3n) is 2.29. The summed E-state index contributed by atoms with van der Waals surface area (Å²) in [4.78, 5) is 14.0. The van der Waals surface area contributed by atoms with Gasteiger partial charge in [-0.1, -0.05) is 0 Å². The van der Waals surface area contributed by atoms with Crippen molar-refractivity contribution in [3.8, 4) is 0 Å². The monoisotopic (exact) mass is 284 g/mol. The van der Waals surface area contributed by atoms with E-state index in [0.29, 0.717) is 6.54 Å². The zero-order valence-electron chi connectivity index (χ0n) is 12.2. The van der Waals surface area contributed by atoms with Gasteiger partial charge >= 0.3 is 6.09 Å². The van der Waals surface area contributed by atoms with Crippen LogP contribution in [0.25, 0.3) is 0 Å². The molecule has 0 radical (unpaired) electrons. The minimum absolute atomic E-state index is 0.346. The molecule has 0 spiro atoms. The Labute approximate surface area is 119 Å². The van der Waals surface area contributed by atoms with Crippen LogP contribution >= 0.6 is 11.3 Å². The lowest BCUT2D eigenvalue weighted by Gasteiger charge is -2.19. The Hall–Kier alpha value is -1.07. The fourth-order valence-electron chi connectivity index (χ4n) is 1.51. The standard InChI is InChI=1S/C14H24N2O2S/c1-11-6-7-12(19-11)10-15-8-5-9-16-13(17)18-14(2,3)4/h6-7,15H,5,8-10H2,1-4H3,(H,16,17). The largest absolute Gasteiger partial charge is 0.444 e. The molecule has 0 unspecified atom stereocenters. The topological polar surface area (TPSA) is 50.4 Å². The summed E-state index contributed by atoms with van der Waals surface area (Å²) >= 11 is 1.81. The number of hydrogen-bond acceptors (Lipinski definition) is 4. The lowest BCUT2D eigenvalue weighted by Crippen LogP contribution is -2.33. The summed E-state index contributed by atoms with van der Waals surface area (Å²) < 4.78 is 5.15. The Morgan fingerprint density at radius 3 is 2.63 bits per heavy atom. The summed E-state index contributed by atoms with van der Waals surface area (Å²) in [5.74, 6) is 0. The molecule has 0 bridgehead atoms. The van der Waals surface area contributed by atoms with Crippen molar-refractivity contribution in [1.29, 1.82) is 0 Å². The number of amides is 1. The zero-order valence-corrected chi connectivity index (χ0v) is 13.0. The molecule has 1 aromatic rings. The van der Waals surface area contributed by atoms with Crippen molar-refractivity contribution in [3.05, 3.63) is 21.9 Å². The van der Waals surface area contributed by atoms with Crippen molar-refractivity contribution in [2.75, 3.05) is 13.1 Å². The van der Waals surface area contributed by atoms with Gasteiger partial charge in [0.25, 0.3) is 0 Å². The average Bonchev–Trinajstić information content (AvgIpc) is 2.67. The van der Waals surface area contributed by atoms with E-state index >= 15 is 0 Å². The Morgan fingerprint density at radius 1 is 1.32 bits per heavy atom. The number of nitrogens with one attached hydrogen (secondary N) is 2. The van der Waals surface area contributed by atoms with Crippen LogP contribution in [0.15, 0.2) is 12.1 Å². The van der Waals surface area contributed by atoms with Gasteiger partial charge in [-0.3, -0.25) is 0 Å². The molecular weight excluding hydrogens is 260 g/mol. The average molecular weight is 284 g/mol. The van der Waals surface area contributed by atoms with Gasteiger partial charge in [-0.2, -0.15) is 0 Å². The van der Waals surface area contributed by atoms with Gasteiger partial charge < -0.3 is 15.4 Å². The van der Waals surface area contributed by atoms with Crippen molar-refractivity contribution in [1.82, 2.24) is 10.6 Å². The third-order valence-corrected chi connectivity index (χ3v) is 3.29. The summed E-state index contributed by atoms with van der Waals surface area (Å²) in [7, 11) is 0. The SMILES string of the molecule is Cc1ccc(CNCCCNC(=O)OC(C)(C)C)s1. The summed E-state index contributed by atoms with van der Waals surface area (Å²) in [6.45, 7) is 10.1. The van der Waals surface area contributed by atoms with E-state index in [-0.39, 0.29) is 6.09 Å². The van der Waals surface area contributed by atoms with Crippen LogP contribution in [0.3, 0.4) is 0 Å². The predicted octanol–water partition coefficient (Wildman–Crippen LogP) is 3.06. The maximum atomic E-state index is 11.4. The molecule has 19 heavy (non-hydrogen) atoms. The molecule has 0 aliphatic heterocycles. The van der Waals surface area contributed by atoms with E-state index < -0.39 is 5.60 Å². The highest BCUT2D eigenvalue weighted by molar-refractivity contribution is 7.11.